The summed E-state index contributed by atoms with van der Waals surface area (Å²) in [4.78, 5) is 28.6. The Bertz CT molecular complexity index is 1120. The quantitative estimate of drug-likeness (QED) is 0.610. The Morgan fingerprint density at radius 1 is 1.12 bits per heavy atom. The van der Waals surface area contributed by atoms with Crippen LogP contribution in [0.1, 0.15) is 25.0 Å². The zero-order chi connectivity index (χ0) is 22.7. The van der Waals surface area contributed by atoms with Crippen LogP contribution in [0.3, 0.4) is 0 Å². The summed E-state index contributed by atoms with van der Waals surface area (Å²) >= 11 is 6.38. The van der Waals surface area contributed by atoms with E-state index in [2.05, 4.69) is 25.5 Å². The van der Waals surface area contributed by atoms with Gasteiger partial charge in [0.05, 0.1) is 6.42 Å². The van der Waals surface area contributed by atoms with E-state index in [1.54, 1.807) is 10.8 Å². The van der Waals surface area contributed by atoms with Crippen LogP contribution in [0.15, 0.2) is 36.7 Å². The van der Waals surface area contributed by atoms with E-state index in [-0.39, 0.29) is 17.7 Å². The smallest absolute Gasteiger partial charge is 0.227 e. The van der Waals surface area contributed by atoms with Crippen molar-refractivity contribution in [3.8, 4) is 0 Å². The summed E-state index contributed by atoms with van der Waals surface area (Å²) in [6, 6.07) is 9.39. The van der Waals surface area contributed by atoms with Crippen LogP contribution in [-0.2, 0) is 22.6 Å². The number of carbonyl (C=O) groups excluding carboxylic acids is 2. The van der Waals surface area contributed by atoms with E-state index in [4.69, 9.17) is 11.6 Å². The fourth-order valence-corrected chi connectivity index (χ4v) is 3.86. The van der Waals surface area contributed by atoms with Crippen molar-refractivity contribution < 1.29 is 9.59 Å². The first-order valence-electron chi connectivity index (χ1n) is 10.7. The molecule has 0 spiro atoms. The number of fused-ring (bicyclic) bond motifs is 1. The Labute approximate surface area is 191 Å². The maximum absolute atomic E-state index is 12.8. The molecule has 3 heterocycles. The first-order chi connectivity index (χ1) is 15.4. The number of hydrogen-bond acceptors (Lipinski definition) is 6. The molecule has 0 aliphatic carbocycles. The number of piperazine rings is 1. The minimum atomic E-state index is -0.0762. The largest absolute Gasteiger partial charge is 0.352 e. The van der Waals surface area contributed by atoms with Gasteiger partial charge in [0.1, 0.15) is 12.1 Å². The highest BCUT2D eigenvalue weighted by Crippen LogP contribution is 2.20. The maximum atomic E-state index is 12.8. The molecular weight excluding hydrogens is 430 g/mol. The highest BCUT2D eigenvalue weighted by Gasteiger charge is 2.22. The molecule has 0 radical (unpaired) electrons. The predicted octanol–water partition coefficient (Wildman–Crippen LogP) is 1.94. The van der Waals surface area contributed by atoms with Crippen LogP contribution in [0, 0.1) is 5.92 Å². The van der Waals surface area contributed by atoms with Gasteiger partial charge in [-0.1, -0.05) is 37.6 Å². The molecule has 0 atom stereocenters. The van der Waals surface area contributed by atoms with Crippen LogP contribution in [-0.4, -0.2) is 62.7 Å². The van der Waals surface area contributed by atoms with Gasteiger partial charge in [0.25, 0.3) is 0 Å². The van der Waals surface area contributed by atoms with E-state index < -0.39 is 0 Å². The van der Waals surface area contributed by atoms with Crippen LogP contribution in [0.2, 0.25) is 5.02 Å². The number of benzene rings is 1. The average Bonchev–Trinajstić information content (AvgIpc) is 3.26. The zero-order valence-electron chi connectivity index (χ0n) is 18.2. The molecule has 168 valence electrons. The van der Waals surface area contributed by atoms with E-state index >= 15 is 0 Å². The topological polar surface area (TPSA) is 95.7 Å². The van der Waals surface area contributed by atoms with Crippen molar-refractivity contribution >= 4 is 34.9 Å². The SMILES string of the molecule is CC(C)C(=O)NCc1ccc(CC(=O)N2CCN(c3ccc4nncn4n3)CC2)cc1Cl. The number of nitrogens with one attached hydrogen (secondary N) is 1. The third-order valence-electron chi connectivity index (χ3n) is 5.55. The number of amides is 2. The molecule has 2 amide bonds. The Morgan fingerprint density at radius 2 is 1.91 bits per heavy atom. The number of nitrogens with zero attached hydrogens (tertiary/aromatic N) is 6. The fourth-order valence-electron chi connectivity index (χ4n) is 3.59. The second-order valence-electron chi connectivity index (χ2n) is 8.17. The summed E-state index contributed by atoms with van der Waals surface area (Å²) in [5, 5.41) is 15.8. The van der Waals surface area contributed by atoms with Crippen LogP contribution in [0.4, 0.5) is 5.82 Å². The summed E-state index contributed by atoms with van der Waals surface area (Å²) in [6.45, 7) is 6.75. The van der Waals surface area contributed by atoms with Crippen molar-refractivity contribution in [3.63, 3.8) is 0 Å². The zero-order valence-corrected chi connectivity index (χ0v) is 18.9. The second kappa shape index (κ2) is 9.52. The molecule has 10 heteroatoms. The first-order valence-corrected chi connectivity index (χ1v) is 11.0. The lowest BCUT2D eigenvalue weighted by molar-refractivity contribution is -0.130. The summed E-state index contributed by atoms with van der Waals surface area (Å²) in [5.41, 5.74) is 2.40. The summed E-state index contributed by atoms with van der Waals surface area (Å²) in [7, 11) is 0. The van der Waals surface area contributed by atoms with Gasteiger partial charge in [0.15, 0.2) is 5.65 Å². The molecule has 9 nitrogen and oxygen atoms in total. The van der Waals surface area contributed by atoms with Gasteiger partial charge in [-0.2, -0.15) is 4.52 Å². The van der Waals surface area contributed by atoms with Gasteiger partial charge in [-0.3, -0.25) is 9.59 Å². The number of aromatic nitrogens is 4. The molecule has 0 unspecified atom stereocenters. The molecule has 1 saturated heterocycles. The molecule has 1 aliphatic rings. The normalized spacial score (nSPS) is 14.2. The molecule has 1 fully saturated rings. The van der Waals surface area contributed by atoms with Crippen LogP contribution >= 0.6 is 11.6 Å². The molecular formula is C22H26ClN7O2. The number of rotatable bonds is 6. The number of halogens is 1. The molecule has 0 saturated carbocycles. The third kappa shape index (κ3) is 4.99. The lowest BCUT2D eigenvalue weighted by Crippen LogP contribution is -2.49. The third-order valence-corrected chi connectivity index (χ3v) is 5.91. The summed E-state index contributed by atoms with van der Waals surface area (Å²) in [6.07, 6.45) is 1.87. The average molecular weight is 456 g/mol. The van der Waals surface area contributed by atoms with Crippen LogP contribution < -0.4 is 10.2 Å². The predicted molar refractivity (Wildman–Crippen MR) is 121 cm³/mol. The number of anilines is 1. The molecule has 1 aliphatic heterocycles. The van der Waals surface area contributed by atoms with Crippen molar-refractivity contribution in [2.24, 2.45) is 5.92 Å². The second-order valence-corrected chi connectivity index (χ2v) is 8.58. The Morgan fingerprint density at radius 3 is 2.62 bits per heavy atom. The van der Waals surface area contributed by atoms with Crippen molar-refractivity contribution in [1.29, 1.82) is 0 Å². The van der Waals surface area contributed by atoms with Crippen LogP contribution in [0.25, 0.3) is 5.65 Å². The Hall–Kier alpha value is -3.20. The van der Waals surface area contributed by atoms with Crippen molar-refractivity contribution in [2.75, 3.05) is 31.1 Å². The van der Waals surface area contributed by atoms with Gasteiger partial charge in [0.2, 0.25) is 11.8 Å². The van der Waals surface area contributed by atoms with E-state index in [1.165, 1.54) is 0 Å². The standard InChI is InChI=1S/C22H26ClN7O2/c1-15(2)22(32)24-13-17-4-3-16(11-18(17)23)12-21(31)29-9-7-28(8-10-29)20-6-5-19-26-25-14-30(19)27-20/h3-6,11,14-15H,7-10,12-13H2,1-2H3,(H,24,32). The van der Waals surface area contributed by atoms with E-state index in [1.807, 2.05) is 49.1 Å². The van der Waals surface area contributed by atoms with Crippen molar-refractivity contribution in [2.45, 2.75) is 26.8 Å². The van der Waals surface area contributed by atoms with E-state index in [9.17, 15) is 9.59 Å². The molecule has 1 aromatic carbocycles. The molecule has 4 rings (SSSR count). The number of carbonyl (C=O) groups is 2. The summed E-state index contributed by atoms with van der Waals surface area (Å²) in [5.74, 6) is 0.823. The van der Waals surface area contributed by atoms with Crippen molar-refractivity contribution in [3.05, 3.63) is 52.8 Å². The van der Waals surface area contributed by atoms with E-state index in [0.29, 0.717) is 49.8 Å². The Kier molecular flexibility index (Phi) is 6.55. The molecule has 1 N–H and O–H groups in total. The van der Waals surface area contributed by atoms with Gasteiger partial charge >= 0.3 is 0 Å². The minimum Gasteiger partial charge on any atom is -0.352 e. The molecule has 0 bridgehead atoms. The molecule has 3 aromatic rings. The maximum Gasteiger partial charge on any atom is 0.227 e. The summed E-state index contributed by atoms with van der Waals surface area (Å²) < 4.78 is 1.65. The monoisotopic (exact) mass is 455 g/mol. The minimum absolute atomic E-state index is 0.0173. The lowest BCUT2D eigenvalue weighted by atomic mass is 10.1. The fraction of sp³-hybridized carbons (Fsp3) is 0.409. The number of hydrogen-bond donors (Lipinski definition) is 1. The van der Waals surface area contributed by atoms with Crippen LogP contribution in [0.5, 0.6) is 0 Å². The highest BCUT2D eigenvalue weighted by atomic mass is 35.5. The molecule has 32 heavy (non-hydrogen) atoms. The highest BCUT2D eigenvalue weighted by molar-refractivity contribution is 6.31. The van der Waals surface area contributed by atoms with Crippen molar-refractivity contribution in [1.82, 2.24) is 30.0 Å². The first kappa shape index (κ1) is 22.0. The Balaban J connectivity index is 1.30. The van der Waals surface area contributed by atoms with E-state index in [0.717, 1.165) is 16.9 Å². The van der Waals surface area contributed by atoms with Gasteiger partial charge in [-0.25, -0.2) is 0 Å². The van der Waals surface area contributed by atoms with Gasteiger partial charge < -0.3 is 15.1 Å². The van der Waals surface area contributed by atoms with Gasteiger partial charge in [-0.15, -0.1) is 15.3 Å². The van der Waals surface area contributed by atoms with Gasteiger partial charge in [0, 0.05) is 43.7 Å². The van der Waals surface area contributed by atoms with Gasteiger partial charge in [-0.05, 0) is 29.3 Å². The molecule has 2 aromatic heterocycles. The lowest BCUT2D eigenvalue weighted by Gasteiger charge is -2.35.